The molecule has 13 heavy (non-hydrogen) atoms. The predicted molar refractivity (Wildman–Crippen MR) is 50.0 cm³/mol. The fourth-order valence-corrected chi connectivity index (χ4v) is 2.28. The van der Waals surface area contributed by atoms with Gasteiger partial charge in [0.15, 0.2) is 6.29 Å². The summed E-state index contributed by atoms with van der Waals surface area (Å²) in [7, 11) is 0. The molecule has 1 unspecified atom stereocenters. The predicted octanol–water partition coefficient (Wildman–Crippen LogP) is 2.20. The van der Waals surface area contributed by atoms with Crippen LogP contribution in [-0.2, 0) is 4.74 Å². The summed E-state index contributed by atoms with van der Waals surface area (Å²) < 4.78 is 5.55. The average Bonchev–Trinajstić information content (AvgIpc) is 2.67. The molecule has 0 N–H and O–H groups in total. The molecule has 1 saturated heterocycles. The number of aromatic nitrogens is 1. The number of hydrogen-bond acceptors (Lipinski definition) is 4. The Morgan fingerprint density at radius 1 is 1.62 bits per heavy atom. The maximum Gasteiger partial charge on any atom is 0.169 e. The van der Waals surface area contributed by atoms with Gasteiger partial charge in [-0.05, 0) is 19.3 Å². The van der Waals surface area contributed by atoms with Crippen LogP contribution in [0, 0.1) is 0 Å². The molecule has 2 heterocycles. The summed E-state index contributed by atoms with van der Waals surface area (Å²) in [4.78, 5) is 14.6. The quantitative estimate of drug-likeness (QED) is 0.682. The van der Waals surface area contributed by atoms with Gasteiger partial charge in [0.05, 0.1) is 0 Å². The first-order chi connectivity index (χ1) is 6.40. The van der Waals surface area contributed by atoms with Gasteiger partial charge in [-0.1, -0.05) is 0 Å². The molecule has 3 nitrogen and oxygen atoms in total. The van der Waals surface area contributed by atoms with Gasteiger partial charge in [-0.3, -0.25) is 4.79 Å². The third kappa shape index (κ3) is 1.95. The van der Waals surface area contributed by atoms with Gasteiger partial charge in [-0.25, -0.2) is 4.98 Å². The molecule has 1 aromatic heterocycles. The van der Waals surface area contributed by atoms with Crippen molar-refractivity contribution in [2.45, 2.75) is 25.4 Å². The van der Waals surface area contributed by atoms with Crippen molar-refractivity contribution in [2.75, 3.05) is 6.61 Å². The number of ether oxygens (including phenoxy) is 1. The lowest BCUT2D eigenvalue weighted by Crippen LogP contribution is -2.11. The zero-order valence-electron chi connectivity index (χ0n) is 7.23. The van der Waals surface area contributed by atoms with Gasteiger partial charge >= 0.3 is 0 Å². The van der Waals surface area contributed by atoms with Gasteiger partial charge < -0.3 is 4.74 Å². The monoisotopic (exact) mass is 197 g/mol. The number of rotatable bonds is 2. The molecule has 1 atom stereocenters. The summed E-state index contributed by atoms with van der Waals surface area (Å²) in [5.41, 5.74) is 0.522. The third-order valence-corrected chi connectivity index (χ3v) is 3.07. The smallest absolute Gasteiger partial charge is 0.169 e. The summed E-state index contributed by atoms with van der Waals surface area (Å²) in [5.74, 6) is 0. The van der Waals surface area contributed by atoms with Gasteiger partial charge in [0.1, 0.15) is 16.8 Å². The fourth-order valence-electron chi connectivity index (χ4n) is 1.44. The molecule has 1 aromatic rings. The zero-order valence-corrected chi connectivity index (χ0v) is 8.05. The molecule has 1 aliphatic heterocycles. The Morgan fingerprint density at radius 3 is 3.15 bits per heavy atom. The van der Waals surface area contributed by atoms with E-state index in [-0.39, 0.29) is 6.10 Å². The Bertz CT molecular complexity index is 292. The Kier molecular flexibility index (Phi) is 2.71. The molecule has 70 valence electrons. The van der Waals surface area contributed by atoms with Gasteiger partial charge in [-0.15, -0.1) is 11.3 Å². The lowest BCUT2D eigenvalue weighted by molar-refractivity contribution is 0.0148. The number of aldehydes is 1. The normalized spacial score (nSPS) is 22.9. The van der Waals surface area contributed by atoms with E-state index in [9.17, 15) is 4.79 Å². The van der Waals surface area contributed by atoms with Crippen LogP contribution >= 0.6 is 11.3 Å². The Balaban J connectivity index is 2.09. The SMILES string of the molecule is O=Cc1csc(C2CCCCO2)n1. The van der Waals surface area contributed by atoms with Crippen LogP contribution in [0.5, 0.6) is 0 Å². The molecule has 0 radical (unpaired) electrons. The maximum absolute atomic E-state index is 10.4. The third-order valence-electron chi connectivity index (χ3n) is 2.12. The molecule has 0 bridgehead atoms. The van der Waals surface area contributed by atoms with Gasteiger partial charge in [0.25, 0.3) is 0 Å². The minimum atomic E-state index is 0.132. The first-order valence-corrected chi connectivity index (χ1v) is 5.30. The molecule has 0 amide bonds. The van der Waals surface area contributed by atoms with Crippen LogP contribution in [0.25, 0.3) is 0 Å². The highest BCUT2D eigenvalue weighted by Gasteiger charge is 2.18. The van der Waals surface area contributed by atoms with Gasteiger partial charge in [0, 0.05) is 12.0 Å². The van der Waals surface area contributed by atoms with Crippen LogP contribution in [0.2, 0.25) is 0 Å². The van der Waals surface area contributed by atoms with E-state index in [1.165, 1.54) is 17.8 Å². The minimum absolute atomic E-state index is 0.132. The van der Waals surface area contributed by atoms with Crippen LogP contribution in [0.4, 0.5) is 0 Å². The average molecular weight is 197 g/mol. The van der Waals surface area contributed by atoms with E-state index < -0.39 is 0 Å². The van der Waals surface area contributed by atoms with Crippen molar-refractivity contribution in [3.8, 4) is 0 Å². The Hall–Kier alpha value is -0.740. The Labute approximate surface area is 80.8 Å². The fraction of sp³-hybridized carbons (Fsp3) is 0.556. The largest absolute Gasteiger partial charge is 0.371 e. The standard InChI is InChI=1S/C9H11NO2S/c11-5-7-6-13-9(10-7)8-3-1-2-4-12-8/h5-6,8H,1-4H2. The van der Waals surface area contributed by atoms with E-state index in [1.807, 2.05) is 0 Å². The summed E-state index contributed by atoms with van der Waals surface area (Å²) >= 11 is 1.51. The molecule has 2 rings (SSSR count). The van der Waals surface area contributed by atoms with Crippen molar-refractivity contribution in [1.29, 1.82) is 0 Å². The minimum Gasteiger partial charge on any atom is -0.371 e. The highest BCUT2D eigenvalue weighted by atomic mass is 32.1. The lowest BCUT2D eigenvalue weighted by Gasteiger charge is -2.20. The molecule has 0 aliphatic carbocycles. The second kappa shape index (κ2) is 3.98. The number of carbonyl (C=O) groups excluding carboxylic acids is 1. The van der Waals surface area contributed by atoms with Crippen molar-refractivity contribution < 1.29 is 9.53 Å². The summed E-state index contributed by atoms with van der Waals surface area (Å²) in [6.45, 7) is 0.820. The first kappa shape index (κ1) is 8.84. The molecule has 0 spiro atoms. The molecule has 1 aliphatic rings. The first-order valence-electron chi connectivity index (χ1n) is 4.42. The Morgan fingerprint density at radius 2 is 2.54 bits per heavy atom. The van der Waals surface area contributed by atoms with Crippen molar-refractivity contribution in [1.82, 2.24) is 4.98 Å². The highest BCUT2D eigenvalue weighted by molar-refractivity contribution is 7.09. The van der Waals surface area contributed by atoms with Crippen LogP contribution in [-0.4, -0.2) is 17.9 Å². The summed E-state index contributed by atoms with van der Waals surface area (Å²) in [6.07, 6.45) is 4.28. The zero-order chi connectivity index (χ0) is 9.10. The number of nitrogens with zero attached hydrogens (tertiary/aromatic N) is 1. The number of carbonyl (C=O) groups is 1. The second-order valence-electron chi connectivity index (χ2n) is 3.08. The highest BCUT2D eigenvalue weighted by Crippen LogP contribution is 2.29. The van der Waals surface area contributed by atoms with E-state index in [1.54, 1.807) is 5.38 Å². The van der Waals surface area contributed by atoms with E-state index in [0.717, 1.165) is 30.7 Å². The lowest BCUT2D eigenvalue weighted by atomic mass is 10.1. The van der Waals surface area contributed by atoms with Gasteiger partial charge in [0.2, 0.25) is 0 Å². The van der Waals surface area contributed by atoms with Crippen molar-refractivity contribution in [3.63, 3.8) is 0 Å². The summed E-state index contributed by atoms with van der Waals surface area (Å²) in [6, 6.07) is 0. The molecular weight excluding hydrogens is 186 g/mol. The van der Waals surface area contributed by atoms with Crippen LogP contribution in [0.1, 0.15) is 40.9 Å². The van der Waals surface area contributed by atoms with Crippen molar-refractivity contribution >= 4 is 17.6 Å². The van der Waals surface area contributed by atoms with Crippen LogP contribution in [0.3, 0.4) is 0 Å². The van der Waals surface area contributed by atoms with E-state index in [0.29, 0.717) is 5.69 Å². The summed E-state index contributed by atoms with van der Waals surface area (Å²) in [5, 5.41) is 2.72. The topological polar surface area (TPSA) is 39.2 Å². The van der Waals surface area contributed by atoms with E-state index in [4.69, 9.17) is 4.74 Å². The number of hydrogen-bond donors (Lipinski definition) is 0. The van der Waals surface area contributed by atoms with Crippen molar-refractivity contribution in [2.24, 2.45) is 0 Å². The second-order valence-corrected chi connectivity index (χ2v) is 3.97. The van der Waals surface area contributed by atoms with Crippen LogP contribution in [0.15, 0.2) is 5.38 Å². The van der Waals surface area contributed by atoms with Crippen LogP contribution < -0.4 is 0 Å². The van der Waals surface area contributed by atoms with Gasteiger partial charge in [-0.2, -0.15) is 0 Å². The van der Waals surface area contributed by atoms with E-state index >= 15 is 0 Å². The van der Waals surface area contributed by atoms with Crippen molar-refractivity contribution in [3.05, 3.63) is 16.1 Å². The molecular formula is C9H11NO2S. The molecule has 0 aromatic carbocycles. The maximum atomic E-state index is 10.4. The molecule has 4 heteroatoms. The van der Waals surface area contributed by atoms with E-state index in [2.05, 4.69) is 4.98 Å². The molecule has 0 saturated carbocycles. The number of thiazole rings is 1. The molecule has 1 fully saturated rings.